The fraction of sp³-hybridized carbons (Fsp3) is 0.0435. The van der Waals surface area contributed by atoms with Gasteiger partial charge in [-0.2, -0.15) is 0 Å². The van der Waals surface area contributed by atoms with Crippen LogP contribution in [0.15, 0.2) is 66.7 Å². The van der Waals surface area contributed by atoms with Crippen LogP contribution in [0.25, 0.3) is 26.9 Å². The Balaban J connectivity index is 1.59. The molecule has 0 aliphatic rings. The molecule has 0 spiro atoms. The normalized spacial score (nSPS) is 11.2. The van der Waals surface area contributed by atoms with Gasteiger partial charge in [0.1, 0.15) is 10.8 Å². The number of hydrogen-bond donors (Lipinski definition) is 1. The van der Waals surface area contributed by atoms with E-state index < -0.39 is 0 Å². The van der Waals surface area contributed by atoms with E-state index in [1.807, 2.05) is 42.5 Å². The lowest BCUT2D eigenvalue weighted by Gasteiger charge is -2.10. The van der Waals surface area contributed by atoms with Gasteiger partial charge in [0, 0.05) is 21.7 Å². The number of amides is 1. The third kappa shape index (κ3) is 4.49. The van der Waals surface area contributed by atoms with E-state index >= 15 is 0 Å². The van der Waals surface area contributed by atoms with Crippen molar-refractivity contribution in [2.45, 2.75) is 0 Å². The first-order valence-electron chi connectivity index (χ1n) is 9.01. The maximum atomic E-state index is 12.5. The SMILES string of the molecule is COc1ccc(-c2nc3ccccc3s2)cc1NC(=O)/C=C/c1ccc(Cl)cc1Cl. The number of benzene rings is 3. The third-order valence-corrected chi connectivity index (χ3v) is 6.02. The van der Waals surface area contributed by atoms with Crippen molar-refractivity contribution < 1.29 is 9.53 Å². The number of aromatic nitrogens is 1. The molecule has 1 aromatic heterocycles. The molecular weight excluding hydrogens is 439 g/mol. The highest BCUT2D eigenvalue weighted by atomic mass is 35.5. The summed E-state index contributed by atoms with van der Waals surface area (Å²) in [5, 5.41) is 4.75. The maximum Gasteiger partial charge on any atom is 0.248 e. The fourth-order valence-corrected chi connectivity index (χ4v) is 4.34. The lowest BCUT2D eigenvalue weighted by molar-refractivity contribution is -0.111. The molecule has 7 heteroatoms. The minimum atomic E-state index is -0.305. The smallest absolute Gasteiger partial charge is 0.248 e. The molecule has 0 saturated carbocycles. The average Bonchev–Trinajstić information content (AvgIpc) is 3.17. The summed E-state index contributed by atoms with van der Waals surface area (Å²) in [6.07, 6.45) is 3.05. The van der Waals surface area contributed by atoms with Crippen LogP contribution in [0.1, 0.15) is 5.56 Å². The van der Waals surface area contributed by atoms with Crippen molar-refractivity contribution in [2.24, 2.45) is 0 Å². The predicted octanol–water partition coefficient (Wildman–Crippen LogP) is 6.93. The van der Waals surface area contributed by atoms with Gasteiger partial charge in [-0.1, -0.05) is 41.4 Å². The molecule has 150 valence electrons. The fourth-order valence-electron chi connectivity index (χ4n) is 2.91. The van der Waals surface area contributed by atoms with E-state index in [4.69, 9.17) is 27.9 Å². The Morgan fingerprint density at radius 1 is 1.10 bits per heavy atom. The number of fused-ring (bicyclic) bond motifs is 1. The van der Waals surface area contributed by atoms with Crippen molar-refractivity contribution in [1.29, 1.82) is 0 Å². The Morgan fingerprint density at radius 2 is 1.93 bits per heavy atom. The number of carbonyl (C=O) groups excluding carboxylic acids is 1. The van der Waals surface area contributed by atoms with E-state index in [1.165, 1.54) is 6.08 Å². The number of para-hydroxylation sites is 1. The summed E-state index contributed by atoms with van der Waals surface area (Å²) in [6, 6.07) is 18.7. The highest BCUT2D eigenvalue weighted by Gasteiger charge is 2.11. The minimum Gasteiger partial charge on any atom is -0.495 e. The van der Waals surface area contributed by atoms with Crippen LogP contribution in [0.3, 0.4) is 0 Å². The Labute approximate surface area is 187 Å². The molecule has 1 amide bonds. The van der Waals surface area contributed by atoms with Crippen LogP contribution in [-0.4, -0.2) is 18.0 Å². The van der Waals surface area contributed by atoms with Crippen LogP contribution in [-0.2, 0) is 4.79 Å². The number of nitrogens with one attached hydrogen (secondary N) is 1. The molecule has 0 atom stereocenters. The van der Waals surface area contributed by atoms with Crippen LogP contribution >= 0.6 is 34.5 Å². The number of carbonyl (C=O) groups is 1. The van der Waals surface area contributed by atoms with Gasteiger partial charge in [-0.25, -0.2) is 4.98 Å². The second-order valence-corrected chi connectivity index (χ2v) is 8.26. The first-order valence-corrected chi connectivity index (χ1v) is 10.6. The van der Waals surface area contributed by atoms with Crippen LogP contribution in [0.4, 0.5) is 5.69 Å². The molecule has 1 heterocycles. The Hall–Kier alpha value is -2.86. The van der Waals surface area contributed by atoms with Gasteiger partial charge in [0.2, 0.25) is 5.91 Å². The van der Waals surface area contributed by atoms with Gasteiger partial charge in [-0.15, -0.1) is 11.3 Å². The zero-order valence-electron chi connectivity index (χ0n) is 15.9. The second-order valence-electron chi connectivity index (χ2n) is 6.39. The van der Waals surface area contributed by atoms with E-state index in [-0.39, 0.29) is 5.91 Å². The van der Waals surface area contributed by atoms with Crippen molar-refractivity contribution in [2.75, 3.05) is 12.4 Å². The lowest BCUT2D eigenvalue weighted by atomic mass is 10.2. The Kier molecular flexibility index (Phi) is 6.04. The molecule has 3 aromatic carbocycles. The number of hydrogen-bond acceptors (Lipinski definition) is 4. The second kappa shape index (κ2) is 8.88. The molecule has 0 radical (unpaired) electrons. The largest absolute Gasteiger partial charge is 0.495 e. The zero-order valence-corrected chi connectivity index (χ0v) is 18.2. The number of ether oxygens (including phenoxy) is 1. The summed E-state index contributed by atoms with van der Waals surface area (Å²) in [6.45, 7) is 0. The molecule has 0 fully saturated rings. The van der Waals surface area contributed by atoms with Crippen molar-refractivity contribution in [3.63, 3.8) is 0 Å². The monoisotopic (exact) mass is 454 g/mol. The number of anilines is 1. The number of thiazole rings is 1. The summed E-state index contributed by atoms with van der Waals surface area (Å²) < 4.78 is 6.51. The predicted molar refractivity (Wildman–Crippen MR) is 126 cm³/mol. The summed E-state index contributed by atoms with van der Waals surface area (Å²) in [5.74, 6) is 0.256. The topological polar surface area (TPSA) is 51.2 Å². The third-order valence-electron chi connectivity index (χ3n) is 4.37. The van der Waals surface area contributed by atoms with Gasteiger partial charge < -0.3 is 10.1 Å². The number of nitrogens with zero attached hydrogens (tertiary/aromatic N) is 1. The van der Waals surface area contributed by atoms with E-state index in [9.17, 15) is 4.79 Å². The molecule has 30 heavy (non-hydrogen) atoms. The summed E-state index contributed by atoms with van der Waals surface area (Å²) in [7, 11) is 1.56. The molecule has 4 aromatic rings. The minimum absolute atomic E-state index is 0.305. The van der Waals surface area contributed by atoms with Gasteiger partial charge in [0.15, 0.2) is 0 Å². The summed E-state index contributed by atoms with van der Waals surface area (Å²) >= 11 is 13.7. The quantitative estimate of drug-likeness (QED) is 0.332. The van der Waals surface area contributed by atoms with Crippen molar-refractivity contribution in [3.8, 4) is 16.3 Å². The maximum absolute atomic E-state index is 12.5. The molecule has 1 N–H and O–H groups in total. The lowest BCUT2D eigenvalue weighted by Crippen LogP contribution is -2.09. The van der Waals surface area contributed by atoms with Crippen LogP contribution in [0, 0.1) is 0 Å². The first-order chi connectivity index (χ1) is 14.5. The van der Waals surface area contributed by atoms with Crippen LogP contribution in [0.2, 0.25) is 10.0 Å². The molecular formula is C23H16Cl2N2O2S. The molecule has 0 saturated heterocycles. The molecule has 0 aliphatic carbocycles. The van der Waals surface area contributed by atoms with E-state index in [1.54, 1.807) is 42.7 Å². The number of rotatable bonds is 5. The first kappa shape index (κ1) is 20.4. The molecule has 4 rings (SSSR count). The van der Waals surface area contributed by atoms with E-state index in [2.05, 4.69) is 10.3 Å². The zero-order chi connectivity index (χ0) is 21.1. The van der Waals surface area contributed by atoms with Crippen molar-refractivity contribution in [1.82, 2.24) is 4.98 Å². The molecule has 0 aliphatic heterocycles. The van der Waals surface area contributed by atoms with Crippen molar-refractivity contribution >= 4 is 62.4 Å². The van der Waals surface area contributed by atoms with Gasteiger partial charge in [0.25, 0.3) is 0 Å². The number of methoxy groups -OCH3 is 1. The summed E-state index contributed by atoms with van der Waals surface area (Å²) in [4.78, 5) is 17.2. The number of halogens is 2. The Bertz CT molecular complexity index is 1230. The van der Waals surface area contributed by atoms with Gasteiger partial charge in [0.05, 0.1) is 23.0 Å². The van der Waals surface area contributed by atoms with Gasteiger partial charge >= 0.3 is 0 Å². The van der Waals surface area contributed by atoms with Crippen molar-refractivity contribution in [3.05, 3.63) is 82.3 Å². The highest BCUT2D eigenvalue weighted by molar-refractivity contribution is 7.21. The highest BCUT2D eigenvalue weighted by Crippen LogP contribution is 2.35. The molecule has 0 bridgehead atoms. The average molecular weight is 455 g/mol. The van der Waals surface area contributed by atoms with Crippen LogP contribution in [0.5, 0.6) is 5.75 Å². The van der Waals surface area contributed by atoms with E-state index in [0.717, 1.165) is 20.8 Å². The molecule has 4 nitrogen and oxygen atoms in total. The standard InChI is InChI=1S/C23H16Cl2N2O2S/c1-29-20-10-7-15(23-27-18-4-2-3-5-21(18)30-23)12-19(20)26-22(28)11-8-14-6-9-16(24)13-17(14)25/h2-13H,1H3,(H,26,28)/b11-8+. The van der Waals surface area contributed by atoms with Gasteiger partial charge in [-0.05, 0) is 54.1 Å². The van der Waals surface area contributed by atoms with E-state index in [0.29, 0.717) is 27.0 Å². The van der Waals surface area contributed by atoms with Gasteiger partial charge in [-0.3, -0.25) is 4.79 Å². The van der Waals surface area contributed by atoms with Crippen LogP contribution < -0.4 is 10.1 Å². The Morgan fingerprint density at radius 3 is 2.70 bits per heavy atom. The summed E-state index contributed by atoms with van der Waals surface area (Å²) in [5.41, 5.74) is 3.11. The molecule has 0 unspecified atom stereocenters.